The van der Waals surface area contributed by atoms with Crippen molar-refractivity contribution in [3.8, 4) is 0 Å². The van der Waals surface area contributed by atoms with Crippen molar-refractivity contribution in [2.24, 2.45) is 0 Å². The van der Waals surface area contributed by atoms with E-state index in [2.05, 4.69) is 22.9 Å². The van der Waals surface area contributed by atoms with E-state index in [1.165, 1.54) is 89.9 Å². The summed E-state index contributed by atoms with van der Waals surface area (Å²) in [6, 6.07) is 0. The normalized spacial score (nSPS) is 10.8. The molecule has 4 N–H and O–H groups in total. The maximum absolute atomic E-state index is 10.3. The second-order valence-electron chi connectivity index (χ2n) is 7.67. The monoisotopic (exact) mass is 421 g/mol. The fraction of sp³-hybridized carbons (Fsp3) is 0.955. The SMILES string of the molecule is CCCCCCCCCCCCCCCCNCCNCCNCC(=O)O.Cl. The molecule has 0 aromatic rings. The summed E-state index contributed by atoms with van der Waals surface area (Å²) in [6.45, 7) is 6.86. The molecule has 0 fully saturated rings. The second kappa shape index (κ2) is 26.6. The van der Waals surface area contributed by atoms with E-state index in [0.29, 0.717) is 6.54 Å². The lowest BCUT2D eigenvalue weighted by Gasteiger charge is -2.07. The molecular formula is C22H48ClN3O2. The van der Waals surface area contributed by atoms with Gasteiger partial charge in [0.05, 0.1) is 6.54 Å². The smallest absolute Gasteiger partial charge is 0.317 e. The van der Waals surface area contributed by atoms with Crippen molar-refractivity contribution in [2.45, 2.75) is 96.8 Å². The van der Waals surface area contributed by atoms with Crippen molar-refractivity contribution < 1.29 is 9.90 Å². The van der Waals surface area contributed by atoms with Gasteiger partial charge in [0.25, 0.3) is 0 Å². The number of carboxylic acid groups (broad SMARTS) is 1. The maximum Gasteiger partial charge on any atom is 0.317 e. The number of carboxylic acids is 1. The molecule has 0 aliphatic rings. The van der Waals surface area contributed by atoms with Crippen molar-refractivity contribution in [1.82, 2.24) is 16.0 Å². The summed E-state index contributed by atoms with van der Waals surface area (Å²) in [5.41, 5.74) is 0. The minimum atomic E-state index is -0.801. The molecule has 0 aliphatic carbocycles. The highest BCUT2D eigenvalue weighted by atomic mass is 35.5. The largest absolute Gasteiger partial charge is 0.480 e. The van der Waals surface area contributed by atoms with Gasteiger partial charge in [-0.1, -0.05) is 90.4 Å². The molecule has 5 nitrogen and oxygen atoms in total. The van der Waals surface area contributed by atoms with Gasteiger partial charge in [0, 0.05) is 26.2 Å². The molecule has 0 saturated heterocycles. The Balaban J connectivity index is 0. The van der Waals surface area contributed by atoms with Crippen LogP contribution in [0.25, 0.3) is 0 Å². The van der Waals surface area contributed by atoms with Crippen molar-refractivity contribution in [3.63, 3.8) is 0 Å². The molecule has 28 heavy (non-hydrogen) atoms. The van der Waals surface area contributed by atoms with E-state index >= 15 is 0 Å². The molecule has 170 valence electrons. The van der Waals surface area contributed by atoms with Crippen LogP contribution in [0.1, 0.15) is 96.8 Å². The molecular weight excluding hydrogens is 374 g/mol. The van der Waals surface area contributed by atoms with Gasteiger partial charge in [-0.25, -0.2) is 0 Å². The summed E-state index contributed by atoms with van der Waals surface area (Å²) in [5, 5.41) is 18.1. The molecule has 0 spiro atoms. The first-order valence-electron chi connectivity index (χ1n) is 11.6. The summed E-state index contributed by atoms with van der Waals surface area (Å²) in [7, 11) is 0. The van der Waals surface area contributed by atoms with Crippen LogP contribution in [0, 0.1) is 0 Å². The Bertz CT molecular complexity index is 308. The van der Waals surface area contributed by atoms with Gasteiger partial charge >= 0.3 is 5.97 Å². The van der Waals surface area contributed by atoms with Gasteiger partial charge in [-0.2, -0.15) is 0 Å². The van der Waals surface area contributed by atoms with E-state index in [9.17, 15) is 4.79 Å². The van der Waals surface area contributed by atoms with Crippen LogP contribution in [-0.2, 0) is 4.79 Å². The highest BCUT2D eigenvalue weighted by molar-refractivity contribution is 5.85. The molecule has 0 unspecified atom stereocenters. The van der Waals surface area contributed by atoms with Crippen LogP contribution < -0.4 is 16.0 Å². The lowest BCUT2D eigenvalue weighted by molar-refractivity contribution is -0.135. The van der Waals surface area contributed by atoms with E-state index < -0.39 is 5.97 Å². The highest BCUT2D eigenvalue weighted by Crippen LogP contribution is 2.12. The molecule has 0 aromatic carbocycles. The van der Waals surface area contributed by atoms with Gasteiger partial charge in [-0.05, 0) is 13.0 Å². The number of hydrogen-bond acceptors (Lipinski definition) is 4. The Morgan fingerprint density at radius 3 is 1.36 bits per heavy atom. The van der Waals surface area contributed by atoms with E-state index in [4.69, 9.17) is 5.11 Å². The van der Waals surface area contributed by atoms with Gasteiger partial charge in [-0.3, -0.25) is 4.79 Å². The van der Waals surface area contributed by atoms with E-state index in [-0.39, 0.29) is 19.0 Å². The Morgan fingerprint density at radius 2 is 0.929 bits per heavy atom. The summed E-state index contributed by atoms with van der Waals surface area (Å²) in [5.74, 6) is -0.801. The number of hydrogen-bond donors (Lipinski definition) is 4. The first-order chi connectivity index (χ1) is 13.3. The van der Waals surface area contributed by atoms with Crippen LogP contribution in [0.2, 0.25) is 0 Å². The van der Waals surface area contributed by atoms with Gasteiger partial charge in [-0.15, -0.1) is 12.4 Å². The third-order valence-electron chi connectivity index (χ3n) is 4.94. The average Bonchev–Trinajstić information content (AvgIpc) is 2.65. The zero-order valence-corrected chi connectivity index (χ0v) is 19.2. The first-order valence-corrected chi connectivity index (χ1v) is 11.6. The minimum absolute atomic E-state index is 0. The fourth-order valence-corrected chi connectivity index (χ4v) is 3.24. The van der Waals surface area contributed by atoms with Crippen LogP contribution in [0.4, 0.5) is 0 Å². The van der Waals surface area contributed by atoms with Gasteiger partial charge in [0.2, 0.25) is 0 Å². The lowest BCUT2D eigenvalue weighted by atomic mass is 10.0. The van der Waals surface area contributed by atoms with E-state index in [1.807, 2.05) is 0 Å². The summed E-state index contributed by atoms with van der Waals surface area (Å²) in [4.78, 5) is 10.3. The van der Waals surface area contributed by atoms with Crippen molar-refractivity contribution in [2.75, 3.05) is 39.3 Å². The number of halogens is 1. The first kappa shape index (κ1) is 29.8. The minimum Gasteiger partial charge on any atom is -0.480 e. The number of nitrogens with one attached hydrogen (secondary N) is 3. The van der Waals surface area contributed by atoms with E-state index in [1.54, 1.807) is 0 Å². The predicted octanol–water partition coefficient (Wildman–Crippen LogP) is 4.74. The maximum atomic E-state index is 10.3. The van der Waals surface area contributed by atoms with Crippen molar-refractivity contribution in [3.05, 3.63) is 0 Å². The number of carbonyl (C=O) groups is 1. The number of rotatable bonds is 23. The highest BCUT2D eigenvalue weighted by Gasteiger charge is 1.95. The molecule has 0 aliphatic heterocycles. The fourth-order valence-electron chi connectivity index (χ4n) is 3.24. The number of aliphatic carboxylic acids is 1. The predicted molar refractivity (Wildman–Crippen MR) is 124 cm³/mol. The third kappa shape index (κ3) is 27.9. The molecule has 0 heterocycles. The van der Waals surface area contributed by atoms with Crippen LogP contribution in [0.15, 0.2) is 0 Å². The van der Waals surface area contributed by atoms with Crippen molar-refractivity contribution >= 4 is 18.4 Å². The Morgan fingerprint density at radius 1 is 0.571 bits per heavy atom. The molecule has 0 amide bonds. The lowest BCUT2D eigenvalue weighted by Crippen LogP contribution is -2.34. The molecule has 0 aromatic heterocycles. The zero-order chi connectivity index (χ0) is 19.8. The van der Waals surface area contributed by atoms with Crippen LogP contribution in [0.5, 0.6) is 0 Å². The van der Waals surface area contributed by atoms with Gasteiger partial charge in [0.1, 0.15) is 0 Å². The third-order valence-corrected chi connectivity index (χ3v) is 4.94. The molecule has 0 radical (unpaired) electrons. The Kier molecular flexibility index (Phi) is 28.4. The van der Waals surface area contributed by atoms with Crippen LogP contribution in [0.3, 0.4) is 0 Å². The Labute approximate surface area is 180 Å². The molecule has 0 rings (SSSR count). The van der Waals surface area contributed by atoms with E-state index in [0.717, 1.165) is 26.2 Å². The van der Waals surface area contributed by atoms with Crippen LogP contribution >= 0.6 is 12.4 Å². The van der Waals surface area contributed by atoms with Gasteiger partial charge < -0.3 is 21.1 Å². The summed E-state index contributed by atoms with van der Waals surface area (Å²) >= 11 is 0. The molecule has 0 atom stereocenters. The average molecular weight is 422 g/mol. The Hall–Kier alpha value is -0.360. The van der Waals surface area contributed by atoms with Gasteiger partial charge in [0.15, 0.2) is 0 Å². The van der Waals surface area contributed by atoms with Crippen LogP contribution in [-0.4, -0.2) is 50.3 Å². The second-order valence-corrected chi connectivity index (χ2v) is 7.67. The quantitative estimate of drug-likeness (QED) is 0.179. The summed E-state index contributed by atoms with van der Waals surface area (Å²) in [6.07, 6.45) is 19.7. The number of unbranched alkanes of at least 4 members (excludes halogenated alkanes) is 13. The standard InChI is InChI=1S/C22H47N3O2.ClH/c1-2-3-4-5-6-7-8-9-10-11-12-13-14-15-16-23-17-18-24-19-20-25-21-22(26)27;/h23-25H,2-21H2,1H3,(H,26,27);1H. The molecule has 6 heteroatoms. The molecule has 0 saturated carbocycles. The zero-order valence-electron chi connectivity index (χ0n) is 18.4. The van der Waals surface area contributed by atoms with Crippen molar-refractivity contribution in [1.29, 1.82) is 0 Å². The molecule has 0 bridgehead atoms. The topological polar surface area (TPSA) is 73.4 Å². The summed E-state index contributed by atoms with van der Waals surface area (Å²) < 4.78 is 0.